The predicted octanol–water partition coefficient (Wildman–Crippen LogP) is 2.35. The lowest BCUT2D eigenvalue weighted by Crippen LogP contribution is -2.35. The van der Waals surface area contributed by atoms with Crippen LogP contribution >= 0.6 is 0 Å². The fraction of sp³-hybridized carbons (Fsp3) is 0.375. The van der Waals surface area contributed by atoms with Crippen LogP contribution in [0.25, 0.3) is 11.1 Å². The van der Waals surface area contributed by atoms with Crippen LogP contribution in [0, 0.1) is 11.3 Å². The van der Waals surface area contributed by atoms with Gasteiger partial charge in [0.2, 0.25) is 0 Å². The molecule has 0 radical (unpaired) electrons. The second-order valence-electron chi connectivity index (χ2n) is 5.78. The first-order valence-corrected chi connectivity index (χ1v) is 7.34. The van der Waals surface area contributed by atoms with Gasteiger partial charge in [0.1, 0.15) is 0 Å². The Morgan fingerprint density at radius 3 is 2.90 bits per heavy atom. The molecule has 5 heteroatoms. The first-order chi connectivity index (χ1) is 10.3. The van der Waals surface area contributed by atoms with Crippen molar-refractivity contribution in [2.45, 2.75) is 18.9 Å². The van der Waals surface area contributed by atoms with Crippen LogP contribution < -0.4 is 10.2 Å². The number of aryl methyl sites for hydroxylation is 1. The van der Waals surface area contributed by atoms with E-state index in [1.807, 2.05) is 25.5 Å². The van der Waals surface area contributed by atoms with Gasteiger partial charge in [-0.3, -0.25) is 4.68 Å². The molecule has 5 nitrogen and oxygen atoms in total. The summed E-state index contributed by atoms with van der Waals surface area (Å²) in [6.07, 6.45) is 6.34. The highest BCUT2D eigenvalue weighted by molar-refractivity contribution is 5.83. The van der Waals surface area contributed by atoms with E-state index in [1.54, 1.807) is 4.68 Å². The molecule has 0 bridgehead atoms. The minimum Gasteiger partial charge on any atom is -0.382 e. The second kappa shape index (κ2) is 4.52. The van der Waals surface area contributed by atoms with Crippen LogP contribution in [0.5, 0.6) is 0 Å². The summed E-state index contributed by atoms with van der Waals surface area (Å²) >= 11 is 0. The number of benzene rings is 1. The van der Waals surface area contributed by atoms with E-state index in [0.29, 0.717) is 11.6 Å². The zero-order chi connectivity index (χ0) is 14.4. The fourth-order valence-corrected chi connectivity index (χ4v) is 3.06. The molecule has 106 valence electrons. The first-order valence-electron chi connectivity index (χ1n) is 7.34. The molecule has 1 aromatic heterocycles. The molecule has 2 aliphatic rings. The normalized spacial score (nSPS) is 17.0. The predicted molar refractivity (Wildman–Crippen MR) is 82.2 cm³/mol. The Morgan fingerprint density at radius 2 is 2.24 bits per heavy atom. The molecule has 0 spiro atoms. The average molecular weight is 279 g/mol. The molecule has 2 aromatic rings. The highest BCUT2D eigenvalue weighted by atomic mass is 15.2. The topological polar surface area (TPSA) is 56.9 Å². The summed E-state index contributed by atoms with van der Waals surface area (Å²) in [5.74, 6) is 0. The third kappa shape index (κ3) is 2.04. The molecule has 0 saturated heterocycles. The van der Waals surface area contributed by atoms with Gasteiger partial charge in [0, 0.05) is 43.5 Å². The zero-order valence-corrected chi connectivity index (χ0v) is 12.0. The van der Waals surface area contributed by atoms with Crippen molar-refractivity contribution in [1.82, 2.24) is 9.78 Å². The van der Waals surface area contributed by atoms with Crippen molar-refractivity contribution < 1.29 is 0 Å². The highest BCUT2D eigenvalue weighted by Gasteiger charge is 2.32. The average Bonchev–Trinajstić information content (AvgIpc) is 3.26. The van der Waals surface area contributed by atoms with Gasteiger partial charge in [-0.05, 0) is 25.0 Å². The molecule has 0 unspecified atom stereocenters. The number of nitriles is 1. The maximum absolute atomic E-state index is 9.46. The number of hydrogen-bond donors (Lipinski definition) is 1. The monoisotopic (exact) mass is 279 g/mol. The SMILES string of the molecule is Cn1cc(-c2cc3c(cc2C#N)NCCN3C2CC2)cn1. The van der Waals surface area contributed by atoms with Crippen LogP contribution in [-0.4, -0.2) is 28.9 Å². The molecule has 0 atom stereocenters. The number of nitrogens with zero attached hydrogens (tertiary/aromatic N) is 4. The second-order valence-corrected chi connectivity index (χ2v) is 5.78. The van der Waals surface area contributed by atoms with E-state index in [9.17, 15) is 5.26 Å². The van der Waals surface area contributed by atoms with E-state index in [4.69, 9.17) is 0 Å². The third-order valence-electron chi connectivity index (χ3n) is 4.24. The largest absolute Gasteiger partial charge is 0.382 e. The molecule has 1 aromatic carbocycles. The Labute approximate surface area is 123 Å². The smallest absolute Gasteiger partial charge is 0.0999 e. The summed E-state index contributed by atoms with van der Waals surface area (Å²) in [5, 5.41) is 17.1. The van der Waals surface area contributed by atoms with Gasteiger partial charge in [-0.25, -0.2) is 0 Å². The summed E-state index contributed by atoms with van der Waals surface area (Å²) < 4.78 is 1.77. The summed E-state index contributed by atoms with van der Waals surface area (Å²) in [6, 6.07) is 7.13. The molecule has 2 heterocycles. The maximum atomic E-state index is 9.46. The number of fused-ring (bicyclic) bond motifs is 1. The molecule has 1 fully saturated rings. The van der Waals surface area contributed by atoms with E-state index in [0.717, 1.165) is 29.9 Å². The van der Waals surface area contributed by atoms with Gasteiger partial charge < -0.3 is 10.2 Å². The summed E-state index contributed by atoms with van der Waals surface area (Å²) in [5.41, 5.74) is 4.97. The van der Waals surface area contributed by atoms with Gasteiger partial charge in [-0.15, -0.1) is 0 Å². The third-order valence-corrected chi connectivity index (χ3v) is 4.24. The van der Waals surface area contributed by atoms with Gasteiger partial charge in [-0.2, -0.15) is 10.4 Å². The minimum atomic E-state index is 0.681. The van der Waals surface area contributed by atoms with E-state index >= 15 is 0 Å². The molecular formula is C16H17N5. The van der Waals surface area contributed by atoms with Crippen LogP contribution in [0.15, 0.2) is 24.5 Å². The van der Waals surface area contributed by atoms with E-state index in [-0.39, 0.29) is 0 Å². The van der Waals surface area contributed by atoms with Gasteiger partial charge in [-0.1, -0.05) is 0 Å². The van der Waals surface area contributed by atoms with Crippen LogP contribution in [0.3, 0.4) is 0 Å². The van der Waals surface area contributed by atoms with Crippen molar-refractivity contribution in [2.75, 3.05) is 23.3 Å². The lowest BCUT2D eigenvalue weighted by Gasteiger charge is -2.33. The Kier molecular flexibility index (Phi) is 2.64. The van der Waals surface area contributed by atoms with Crippen LogP contribution in [0.4, 0.5) is 11.4 Å². The highest BCUT2D eigenvalue weighted by Crippen LogP contribution is 2.41. The maximum Gasteiger partial charge on any atom is 0.0999 e. The van der Waals surface area contributed by atoms with Gasteiger partial charge in [0.25, 0.3) is 0 Å². The zero-order valence-electron chi connectivity index (χ0n) is 12.0. The number of anilines is 2. The van der Waals surface area contributed by atoms with E-state index in [1.165, 1.54) is 18.5 Å². The van der Waals surface area contributed by atoms with Gasteiger partial charge in [0.05, 0.1) is 29.2 Å². The first kappa shape index (κ1) is 12.3. The summed E-state index contributed by atoms with van der Waals surface area (Å²) in [7, 11) is 1.89. The quantitative estimate of drug-likeness (QED) is 0.917. The lowest BCUT2D eigenvalue weighted by molar-refractivity contribution is 0.768. The lowest BCUT2D eigenvalue weighted by atomic mass is 9.99. The molecule has 1 N–H and O–H groups in total. The van der Waals surface area contributed by atoms with Crippen LogP contribution in [0.1, 0.15) is 18.4 Å². The van der Waals surface area contributed by atoms with Gasteiger partial charge >= 0.3 is 0 Å². The minimum absolute atomic E-state index is 0.681. The summed E-state index contributed by atoms with van der Waals surface area (Å²) in [6.45, 7) is 1.98. The van der Waals surface area contributed by atoms with Crippen molar-refractivity contribution >= 4 is 11.4 Å². The van der Waals surface area contributed by atoms with E-state index < -0.39 is 0 Å². The van der Waals surface area contributed by atoms with Crippen molar-refractivity contribution in [2.24, 2.45) is 7.05 Å². The van der Waals surface area contributed by atoms with Gasteiger partial charge in [0.15, 0.2) is 0 Å². The molecular weight excluding hydrogens is 262 g/mol. The molecule has 0 amide bonds. The van der Waals surface area contributed by atoms with Crippen molar-refractivity contribution in [1.29, 1.82) is 5.26 Å². The molecule has 1 saturated carbocycles. The molecule has 1 aliphatic heterocycles. The Balaban J connectivity index is 1.86. The summed E-state index contributed by atoms with van der Waals surface area (Å²) in [4.78, 5) is 2.48. The van der Waals surface area contributed by atoms with E-state index in [2.05, 4.69) is 27.5 Å². The number of aromatic nitrogens is 2. The van der Waals surface area contributed by atoms with Crippen molar-refractivity contribution in [3.05, 3.63) is 30.1 Å². The number of hydrogen-bond acceptors (Lipinski definition) is 4. The molecule has 21 heavy (non-hydrogen) atoms. The number of nitrogens with one attached hydrogen (secondary N) is 1. The molecule has 4 rings (SSSR count). The molecule has 1 aliphatic carbocycles. The fourth-order valence-electron chi connectivity index (χ4n) is 3.06. The van der Waals surface area contributed by atoms with Crippen LogP contribution in [0.2, 0.25) is 0 Å². The van der Waals surface area contributed by atoms with Crippen LogP contribution in [-0.2, 0) is 7.05 Å². The number of rotatable bonds is 2. The Hall–Kier alpha value is -2.48. The Morgan fingerprint density at radius 1 is 1.38 bits per heavy atom. The van der Waals surface area contributed by atoms with Crippen molar-refractivity contribution in [3.8, 4) is 17.2 Å². The Bertz CT molecular complexity index is 736. The standard InChI is InChI=1S/C16H17N5/c1-20-10-12(9-19-20)14-7-16-15(6-11(14)8-17)18-4-5-21(16)13-2-3-13/h6-7,9-10,13,18H,2-5H2,1H3. The van der Waals surface area contributed by atoms with Crippen molar-refractivity contribution in [3.63, 3.8) is 0 Å².